The van der Waals surface area contributed by atoms with Gasteiger partial charge >= 0.3 is 7.12 Å². The lowest BCUT2D eigenvalue weighted by molar-refractivity contribution is 0.00578. The van der Waals surface area contributed by atoms with E-state index in [1.807, 2.05) is 169 Å². The molecule has 3 saturated heterocycles. The summed E-state index contributed by atoms with van der Waals surface area (Å²) in [6, 6.07) is 64.7. The minimum absolute atomic E-state index is 0.123. The number of pyridine rings is 4. The molecule has 0 spiro atoms. The van der Waals surface area contributed by atoms with Crippen LogP contribution in [0.3, 0.4) is 0 Å². The number of aliphatic hydroxyl groups excluding tert-OH is 1. The van der Waals surface area contributed by atoms with Crippen molar-refractivity contribution < 1.29 is 23.9 Å². The van der Waals surface area contributed by atoms with Gasteiger partial charge in [-0.1, -0.05) is 113 Å². The van der Waals surface area contributed by atoms with E-state index in [0.717, 1.165) is 151 Å². The first-order valence-corrected chi connectivity index (χ1v) is 38.7. The number of epoxide rings is 2. The number of anilines is 4. The average molecular weight is 1610 g/mol. The SMILES string of the molecule is BrCC1CO1.Cn1cnc2ccc(-c3cccc(N)n3)cc21.Cn1cnc2ccc(-c3cccc(NC4CO4)n3)cc21.Cn1cnc2ccc(-c3cccc(NCC(O)CN4CCc5ccccc5C4)n3)cc21.Cn1cnc2ccc(B3OC(C)(C)C(C)(C)O3)cc21.Nc1cccc(Br)n1.c1ccc2c(c1)CCNC2. The highest BCUT2D eigenvalue weighted by atomic mass is 79.9. The Kier molecular flexibility index (Phi) is 25.2. The number of aromatic nitrogens is 12. The van der Waals surface area contributed by atoms with Crippen LogP contribution in [0.1, 0.15) is 49.9 Å². The zero-order valence-corrected chi connectivity index (χ0v) is 66.3. The molecule has 0 bridgehead atoms. The van der Waals surface area contributed by atoms with Crippen LogP contribution in [-0.4, -0.2) is 150 Å². The van der Waals surface area contributed by atoms with Gasteiger partial charge in [-0.3, -0.25) is 4.90 Å². The van der Waals surface area contributed by atoms with E-state index in [1.165, 1.54) is 28.7 Å². The molecule has 0 saturated carbocycles. The first-order chi connectivity index (χ1) is 53.2. The summed E-state index contributed by atoms with van der Waals surface area (Å²) in [5, 5.41) is 21.4. The number of halogens is 2. The number of ether oxygens (including phenoxy) is 2. The normalized spacial score (nSPS) is 16.4. The Morgan fingerprint density at radius 1 is 0.536 bits per heavy atom. The minimum atomic E-state index is -0.457. The third kappa shape index (κ3) is 20.4. The summed E-state index contributed by atoms with van der Waals surface area (Å²) >= 11 is 6.42. The highest BCUT2D eigenvalue weighted by Gasteiger charge is 2.51. The van der Waals surface area contributed by atoms with Crippen LogP contribution >= 0.6 is 31.9 Å². The first kappa shape index (κ1) is 77.9. The summed E-state index contributed by atoms with van der Waals surface area (Å²) in [5.41, 5.74) is 31.4. The van der Waals surface area contributed by atoms with Crippen molar-refractivity contribution in [1.82, 2.24) is 68.4 Å². The van der Waals surface area contributed by atoms with Crippen molar-refractivity contribution in [2.24, 2.45) is 28.2 Å². The topological polar surface area (TPSA) is 278 Å². The van der Waals surface area contributed by atoms with E-state index in [2.05, 4.69) is 194 Å². The number of aliphatic hydroxyl groups is 1. The molecule has 0 amide bonds. The molecule has 3 unspecified atom stereocenters. The number of aryl methyl sites for hydroxylation is 4. The van der Waals surface area contributed by atoms with Gasteiger partial charge in [-0.05, 0) is 188 Å². The number of imidazole rings is 4. The van der Waals surface area contributed by atoms with Crippen LogP contribution in [0.5, 0.6) is 0 Å². The molecule has 26 heteroatoms. The van der Waals surface area contributed by atoms with E-state index in [0.29, 0.717) is 30.8 Å². The Morgan fingerprint density at radius 3 is 1.48 bits per heavy atom. The third-order valence-corrected chi connectivity index (χ3v) is 20.9. The predicted octanol–water partition coefficient (Wildman–Crippen LogP) is 13.5. The average Bonchev–Trinajstić information content (AvgIpc) is 1.61. The zero-order chi connectivity index (χ0) is 76.9. The van der Waals surface area contributed by atoms with Gasteiger partial charge in [-0.15, -0.1) is 0 Å². The Morgan fingerprint density at radius 2 is 1.00 bits per heavy atom. The van der Waals surface area contributed by atoms with Gasteiger partial charge in [-0.25, -0.2) is 39.9 Å². The number of alkyl halides is 1. The van der Waals surface area contributed by atoms with Crippen LogP contribution in [0.4, 0.5) is 23.3 Å². The fourth-order valence-corrected chi connectivity index (χ4v) is 13.4. The molecule has 566 valence electrons. The summed E-state index contributed by atoms with van der Waals surface area (Å²) in [4.78, 5) is 37.2. The van der Waals surface area contributed by atoms with E-state index < -0.39 is 6.10 Å². The summed E-state index contributed by atoms with van der Waals surface area (Å²) in [6.45, 7) is 15.2. The van der Waals surface area contributed by atoms with Gasteiger partial charge in [0.2, 0.25) is 0 Å². The maximum atomic E-state index is 10.6. The number of fused-ring (bicyclic) bond motifs is 6. The molecule has 6 aromatic carbocycles. The number of nitrogen functional groups attached to an aromatic ring is 2. The van der Waals surface area contributed by atoms with Crippen molar-refractivity contribution in [3.05, 3.63) is 246 Å². The van der Waals surface area contributed by atoms with E-state index in [4.69, 9.17) is 35.2 Å². The monoisotopic (exact) mass is 1600 g/mol. The number of nitrogens with zero attached hydrogens (tertiary/aromatic N) is 13. The maximum Gasteiger partial charge on any atom is 0.494 e. The van der Waals surface area contributed by atoms with Gasteiger partial charge in [0, 0.05) is 82.9 Å². The number of nitrogens with one attached hydrogen (secondary N) is 3. The number of β-amino-alcohol motifs (C(OH)–C–C–N with tert-alkyl or cyclic N) is 1. The van der Waals surface area contributed by atoms with Gasteiger partial charge in [0.15, 0.2) is 6.23 Å². The van der Waals surface area contributed by atoms with Crippen molar-refractivity contribution in [3.8, 4) is 33.8 Å². The lowest BCUT2D eigenvalue weighted by Crippen LogP contribution is -2.41. The summed E-state index contributed by atoms with van der Waals surface area (Å²) in [6.07, 6.45) is 9.72. The number of hydrogen-bond donors (Lipinski definition) is 6. The molecular formula is C84H93BBr2N18O5. The van der Waals surface area contributed by atoms with Gasteiger partial charge in [0.1, 0.15) is 27.9 Å². The molecule has 3 fully saturated rings. The second kappa shape index (κ2) is 35.6. The standard InChI is InChI=1S/C25H27N5O.C15H14N4O.C14H19BN2O2.C13H12N4.C9H11N.C5H5BrN2.C3H5BrO/c1-29-17-27-23-10-9-19(13-24(23)29)22-7-4-8-25(28-22)26-14-21(31)16-30-12-11-18-5-2-3-6-20(18)15-30;1-19-9-16-12-6-5-10(7-13(12)19)11-3-2-4-14(17-11)18-15-8-20-15;1-13(2)14(3,4)19-15(18-13)10-6-7-11-12(8-10)17(5)9-16-11;1-17-8-15-11-6-5-9(7-12(11)17)10-3-2-4-13(14)16-10;1-2-4-9-7-10-6-5-8(9)3-1;6-4-2-1-3-5(7)8-4;4-1-3-2-5-3/h2-10,13,17,21,31H,11-12,14-16H2,1H3,(H,26,28);2-7,9,15H,8H2,1H3,(H,17,18);6-9H,1-5H3;2-8H,1H3,(H2,14,16);1-4,10H,5-7H2;1-3H,(H2,7,8);3H,1-2H2. The zero-order valence-electron chi connectivity index (χ0n) is 63.2. The number of rotatable bonds is 12. The van der Waals surface area contributed by atoms with Crippen LogP contribution in [0.15, 0.2) is 224 Å². The van der Waals surface area contributed by atoms with Crippen LogP contribution in [0.2, 0.25) is 0 Å². The lowest BCUT2D eigenvalue weighted by Gasteiger charge is -2.32. The molecule has 0 aliphatic carbocycles. The number of benzene rings is 6. The molecule has 0 radical (unpaired) electrons. The lowest BCUT2D eigenvalue weighted by atomic mass is 9.79. The molecule has 19 rings (SSSR count). The Balaban J connectivity index is 0.000000119. The number of nitrogens with two attached hydrogens (primary N) is 2. The van der Waals surface area contributed by atoms with Crippen LogP contribution in [0, 0.1) is 0 Å². The van der Waals surface area contributed by atoms with E-state index >= 15 is 0 Å². The fourth-order valence-electron chi connectivity index (χ4n) is 12.7. The summed E-state index contributed by atoms with van der Waals surface area (Å²) in [5.74, 6) is 2.69. The predicted molar refractivity (Wildman–Crippen MR) is 448 cm³/mol. The second-order valence-corrected chi connectivity index (χ2v) is 30.0. The van der Waals surface area contributed by atoms with E-state index in [1.54, 1.807) is 18.5 Å². The molecule has 3 atom stereocenters. The minimum Gasteiger partial charge on any atom is -0.399 e. The quantitative estimate of drug-likeness (QED) is 0.0287. The molecule has 13 heterocycles. The molecule has 23 nitrogen and oxygen atoms in total. The van der Waals surface area contributed by atoms with Crippen LogP contribution in [0.25, 0.3) is 77.9 Å². The van der Waals surface area contributed by atoms with Crippen LogP contribution < -0.4 is 32.9 Å². The number of hydrogen-bond acceptors (Lipinski definition) is 19. The van der Waals surface area contributed by atoms with E-state index in [-0.39, 0.29) is 24.5 Å². The van der Waals surface area contributed by atoms with Crippen molar-refractivity contribution in [2.75, 3.05) is 66.8 Å². The molecule has 5 aliphatic rings. The highest BCUT2D eigenvalue weighted by Crippen LogP contribution is 2.37. The summed E-state index contributed by atoms with van der Waals surface area (Å²) < 4.78 is 30.9. The van der Waals surface area contributed by atoms with E-state index in [9.17, 15) is 5.11 Å². The maximum absolute atomic E-state index is 10.6. The molecular weight excluding hydrogens is 1510 g/mol. The Bertz CT molecular complexity index is 5370. The smallest absolute Gasteiger partial charge is 0.399 e. The largest absolute Gasteiger partial charge is 0.494 e. The fraction of sp³-hybridized carbons (Fsp3) is 0.286. The molecule has 8 N–H and O–H groups in total. The van der Waals surface area contributed by atoms with Gasteiger partial charge in [0.25, 0.3) is 0 Å². The second-order valence-electron chi connectivity index (χ2n) is 28.6. The first-order valence-electron chi connectivity index (χ1n) is 36.8. The summed E-state index contributed by atoms with van der Waals surface area (Å²) in [7, 11) is 7.64. The van der Waals surface area contributed by atoms with Crippen molar-refractivity contribution in [1.29, 1.82) is 0 Å². The van der Waals surface area contributed by atoms with Gasteiger partial charge < -0.3 is 69.6 Å². The van der Waals surface area contributed by atoms with Crippen molar-refractivity contribution in [2.45, 2.75) is 83.3 Å². The van der Waals surface area contributed by atoms with Gasteiger partial charge in [0.05, 0.1) is 123 Å². The molecule has 110 heavy (non-hydrogen) atoms. The Labute approximate surface area is 658 Å². The van der Waals surface area contributed by atoms with Crippen molar-refractivity contribution >= 4 is 112 Å². The van der Waals surface area contributed by atoms with Gasteiger partial charge in [-0.2, -0.15) is 0 Å². The van der Waals surface area contributed by atoms with Crippen LogP contribution in [-0.2, 0) is 72.9 Å². The molecule has 8 aromatic heterocycles. The Hall–Kier alpha value is -10.3. The highest BCUT2D eigenvalue weighted by molar-refractivity contribution is 9.10. The molecule has 5 aliphatic heterocycles. The third-order valence-electron chi connectivity index (χ3n) is 19.8. The van der Waals surface area contributed by atoms with Crippen molar-refractivity contribution in [3.63, 3.8) is 0 Å². The molecule has 14 aromatic rings.